The Kier molecular flexibility index (Phi) is 4.85. The van der Waals surface area contributed by atoms with Crippen molar-refractivity contribution in [2.45, 2.75) is 24.3 Å². The van der Waals surface area contributed by atoms with Gasteiger partial charge >= 0.3 is 0 Å². The molecule has 1 aromatic rings. The second kappa shape index (κ2) is 5.75. The van der Waals surface area contributed by atoms with Gasteiger partial charge < -0.3 is 0 Å². The number of alkyl halides is 3. The summed E-state index contributed by atoms with van der Waals surface area (Å²) >= 11 is 5.21. The first kappa shape index (κ1) is 14.3. The Labute approximate surface area is 103 Å². The van der Waals surface area contributed by atoms with Crippen LogP contribution < -0.4 is 0 Å². The number of hydrogen-bond acceptors (Lipinski definition) is 3. The highest BCUT2D eigenvalue weighted by Gasteiger charge is 2.28. The monoisotopic (exact) mass is 284 g/mol. The average molecular weight is 285 g/mol. The number of benzene rings is 1. The first-order valence-electron chi connectivity index (χ1n) is 4.71. The summed E-state index contributed by atoms with van der Waals surface area (Å²) in [7, 11) is -4.20. The molecule has 3 nitrogen and oxygen atoms in total. The smallest absolute Gasteiger partial charge is 0.256 e. The number of rotatable bonds is 5. The summed E-state index contributed by atoms with van der Waals surface area (Å²) in [6.07, 6.45) is -4.78. The van der Waals surface area contributed by atoms with Gasteiger partial charge in [-0.05, 0) is 19.1 Å². The van der Waals surface area contributed by atoms with Gasteiger partial charge in [0.1, 0.15) is 0 Å². The fourth-order valence-corrected chi connectivity index (χ4v) is 2.39. The Balaban J connectivity index is 2.92. The van der Waals surface area contributed by atoms with Gasteiger partial charge in [-0.2, -0.15) is 8.42 Å². The number of hydrogen-bond donors (Lipinski definition) is 0. The Morgan fingerprint density at radius 1 is 1.29 bits per heavy atom. The van der Waals surface area contributed by atoms with Crippen molar-refractivity contribution in [2.24, 2.45) is 0 Å². The molecule has 1 rings (SSSR count). The zero-order valence-electron chi connectivity index (χ0n) is 8.94. The largest absolute Gasteiger partial charge is 0.297 e. The van der Waals surface area contributed by atoms with Crippen molar-refractivity contribution < 1.29 is 21.4 Å². The summed E-state index contributed by atoms with van der Waals surface area (Å²) in [6.45, 7) is 1.78. The highest BCUT2D eigenvalue weighted by atomic mass is 35.5. The Morgan fingerprint density at radius 2 is 1.82 bits per heavy atom. The molecule has 0 saturated carbocycles. The van der Waals surface area contributed by atoms with E-state index in [1.807, 2.05) is 0 Å². The van der Waals surface area contributed by atoms with Gasteiger partial charge in [0.25, 0.3) is 16.5 Å². The minimum absolute atomic E-state index is 0.168. The zero-order chi connectivity index (χ0) is 13.1. The molecule has 0 aliphatic heterocycles. The molecule has 0 N–H and O–H groups in total. The molecule has 1 unspecified atom stereocenters. The van der Waals surface area contributed by atoms with E-state index in [0.717, 1.165) is 5.56 Å². The molecule has 0 spiro atoms. The molecule has 17 heavy (non-hydrogen) atoms. The lowest BCUT2D eigenvalue weighted by Gasteiger charge is -2.13. The maximum atomic E-state index is 12.3. The van der Waals surface area contributed by atoms with Crippen molar-refractivity contribution in [1.82, 2.24) is 0 Å². The molecule has 7 heteroatoms. The van der Waals surface area contributed by atoms with Gasteiger partial charge in [-0.1, -0.05) is 17.7 Å². The molecule has 1 aromatic carbocycles. The van der Waals surface area contributed by atoms with Crippen LogP contribution in [0.2, 0.25) is 0 Å². The predicted molar refractivity (Wildman–Crippen MR) is 60.0 cm³/mol. The summed E-state index contributed by atoms with van der Waals surface area (Å²) in [5, 5.41) is 0. The summed E-state index contributed by atoms with van der Waals surface area (Å²) < 4.78 is 52.2. The van der Waals surface area contributed by atoms with Crippen LogP contribution in [0.1, 0.15) is 5.56 Å². The topological polar surface area (TPSA) is 43.4 Å². The van der Waals surface area contributed by atoms with Crippen LogP contribution in [0.3, 0.4) is 0 Å². The van der Waals surface area contributed by atoms with E-state index in [2.05, 4.69) is 4.18 Å². The van der Waals surface area contributed by atoms with Gasteiger partial charge in [0, 0.05) is 0 Å². The van der Waals surface area contributed by atoms with Gasteiger partial charge in [0.15, 0.2) is 6.10 Å². The molecule has 0 aliphatic carbocycles. The van der Waals surface area contributed by atoms with Crippen molar-refractivity contribution in [3.05, 3.63) is 29.8 Å². The molecule has 0 amide bonds. The predicted octanol–water partition coefficient (Wildman–Crippen LogP) is 2.57. The molecular weight excluding hydrogens is 274 g/mol. The summed E-state index contributed by atoms with van der Waals surface area (Å²) in [4.78, 5) is -0.168. The average Bonchev–Trinajstić information content (AvgIpc) is 2.26. The molecule has 0 radical (unpaired) electrons. The van der Waals surface area contributed by atoms with Crippen molar-refractivity contribution in [1.29, 1.82) is 0 Å². The van der Waals surface area contributed by atoms with Crippen LogP contribution in [-0.4, -0.2) is 26.8 Å². The van der Waals surface area contributed by atoms with Gasteiger partial charge in [0.05, 0.1) is 10.8 Å². The fourth-order valence-electron chi connectivity index (χ4n) is 1.06. The normalized spacial score (nSPS) is 13.9. The van der Waals surface area contributed by atoms with E-state index in [9.17, 15) is 17.2 Å². The van der Waals surface area contributed by atoms with E-state index in [4.69, 9.17) is 11.6 Å². The molecule has 0 aliphatic rings. The summed E-state index contributed by atoms with van der Waals surface area (Å²) in [6, 6.07) is 5.69. The minimum atomic E-state index is -4.20. The standard InChI is InChI=1S/C10H11ClF2O3S/c1-7-2-4-8(5-3-7)17(14,15)16-9(6-11)10(12)13/h2-5,9-10H,6H2,1H3. The SMILES string of the molecule is Cc1ccc(S(=O)(=O)OC(CCl)C(F)F)cc1. The van der Waals surface area contributed by atoms with E-state index in [-0.39, 0.29) is 4.90 Å². The van der Waals surface area contributed by atoms with E-state index in [0.29, 0.717) is 0 Å². The molecule has 0 fully saturated rings. The van der Waals surface area contributed by atoms with Gasteiger partial charge in [-0.25, -0.2) is 8.78 Å². The van der Waals surface area contributed by atoms with Crippen LogP contribution in [0.5, 0.6) is 0 Å². The summed E-state index contributed by atoms with van der Waals surface area (Å²) in [5.74, 6) is -0.594. The van der Waals surface area contributed by atoms with Crippen LogP contribution in [0, 0.1) is 6.92 Å². The summed E-state index contributed by atoms with van der Waals surface area (Å²) in [5.41, 5.74) is 0.853. The first-order valence-corrected chi connectivity index (χ1v) is 6.65. The highest BCUT2D eigenvalue weighted by Crippen LogP contribution is 2.18. The zero-order valence-corrected chi connectivity index (χ0v) is 10.5. The number of aryl methyl sites for hydroxylation is 1. The quantitative estimate of drug-likeness (QED) is 0.616. The molecule has 96 valence electrons. The second-order valence-electron chi connectivity index (χ2n) is 3.39. The van der Waals surface area contributed by atoms with Crippen molar-refractivity contribution in [3.63, 3.8) is 0 Å². The van der Waals surface area contributed by atoms with E-state index >= 15 is 0 Å². The third-order valence-electron chi connectivity index (χ3n) is 1.99. The third-order valence-corrected chi connectivity index (χ3v) is 3.65. The van der Waals surface area contributed by atoms with Crippen molar-refractivity contribution in [2.75, 3.05) is 5.88 Å². The van der Waals surface area contributed by atoms with Gasteiger partial charge in [-0.15, -0.1) is 11.6 Å². The number of halogens is 3. The molecule has 0 saturated heterocycles. The van der Waals surface area contributed by atoms with Crippen LogP contribution in [-0.2, 0) is 14.3 Å². The van der Waals surface area contributed by atoms with Crippen molar-refractivity contribution in [3.8, 4) is 0 Å². The van der Waals surface area contributed by atoms with Crippen LogP contribution in [0.4, 0.5) is 8.78 Å². The lowest BCUT2D eigenvalue weighted by molar-refractivity contribution is 0.0282. The highest BCUT2D eigenvalue weighted by molar-refractivity contribution is 7.86. The maximum absolute atomic E-state index is 12.3. The molecule has 1 atom stereocenters. The lowest BCUT2D eigenvalue weighted by Crippen LogP contribution is -2.27. The fraction of sp³-hybridized carbons (Fsp3) is 0.400. The second-order valence-corrected chi connectivity index (χ2v) is 5.27. The molecule has 0 heterocycles. The maximum Gasteiger partial charge on any atom is 0.297 e. The van der Waals surface area contributed by atoms with Gasteiger partial charge in [-0.3, -0.25) is 4.18 Å². The molecule has 0 bridgehead atoms. The van der Waals surface area contributed by atoms with Crippen LogP contribution >= 0.6 is 11.6 Å². The first-order chi connectivity index (χ1) is 7.86. The Morgan fingerprint density at radius 3 is 2.24 bits per heavy atom. The molecule has 0 aromatic heterocycles. The van der Waals surface area contributed by atoms with E-state index < -0.39 is 28.5 Å². The van der Waals surface area contributed by atoms with Crippen LogP contribution in [0.15, 0.2) is 29.2 Å². The van der Waals surface area contributed by atoms with Crippen molar-refractivity contribution >= 4 is 21.7 Å². The van der Waals surface area contributed by atoms with Crippen LogP contribution in [0.25, 0.3) is 0 Å². The molecular formula is C10H11ClF2O3S. The third kappa shape index (κ3) is 3.90. The van der Waals surface area contributed by atoms with E-state index in [1.54, 1.807) is 19.1 Å². The Bertz CT molecular complexity index is 459. The van der Waals surface area contributed by atoms with E-state index in [1.165, 1.54) is 12.1 Å². The van der Waals surface area contributed by atoms with Gasteiger partial charge in [0.2, 0.25) is 0 Å². The Hall–Kier alpha value is -0.720. The minimum Gasteiger partial charge on any atom is -0.256 e. The lowest BCUT2D eigenvalue weighted by atomic mass is 10.2.